The van der Waals surface area contributed by atoms with Gasteiger partial charge in [-0.1, -0.05) is 70.5 Å². The van der Waals surface area contributed by atoms with Crippen LogP contribution in [-0.2, 0) is 37.5 Å². The molecule has 0 saturated heterocycles. The zero-order chi connectivity index (χ0) is 16.4. The molecule has 0 saturated carbocycles. The molecule has 0 amide bonds. The highest BCUT2D eigenvalue weighted by Crippen LogP contribution is 2.30. The molecule has 0 nitrogen and oxygen atoms in total. The highest BCUT2D eigenvalue weighted by Gasteiger charge is 2.19. The highest BCUT2D eigenvalue weighted by atomic mass is 14.2. The molecule has 0 atom stereocenters. The molecule has 0 aromatic heterocycles. The number of benzene rings is 2. The topological polar surface area (TPSA) is 0 Å². The van der Waals surface area contributed by atoms with Crippen LogP contribution in [0.4, 0.5) is 0 Å². The lowest BCUT2D eigenvalue weighted by Gasteiger charge is -2.24. The number of rotatable bonds is 2. The average Bonchev–Trinajstić information content (AvgIpc) is 2.54. The van der Waals surface area contributed by atoms with Gasteiger partial charge in [0.15, 0.2) is 0 Å². The van der Waals surface area contributed by atoms with E-state index in [2.05, 4.69) is 64.1 Å². The summed E-state index contributed by atoms with van der Waals surface area (Å²) < 4.78 is 0. The summed E-state index contributed by atoms with van der Waals surface area (Å²) in [5.41, 5.74) is 9.51. The third kappa shape index (κ3) is 3.68. The van der Waals surface area contributed by atoms with Gasteiger partial charge in [-0.05, 0) is 70.9 Å². The maximum atomic E-state index is 2.50. The Labute approximate surface area is 141 Å². The van der Waals surface area contributed by atoms with Gasteiger partial charge in [0.2, 0.25) is 0 Å². The van der Waals surface area contributed by atoms with Crippen LogP contribution >= 0.6 is 0 Å². The average molecular weight is 306 g/mol. The molecule has 0 heterocycles. The first-order valence-corrected chi connectivity index (χ1v) is 9.20. The molecule has 4 bridgehead atoms. The van der Waals surface area contributed by atoms with Crippen molar-refractivity contribution in [1.82, 2.24) is 0 Å². The second kappa shape index (κ2) is 6.51. The van der Waals surface area contributed by atoms with Gasteiger partial charge >= 0.3 is 0 Å². The number of fused-ring (bicyclic) bond motifs is 4. The van der Waals surface area contributed by atoms with E-state index in [-0.39, 0.29) is 5.41 Å². The third-order valence-electron chi connectivity index (χ3n) is 5.19. The standard InChI is InChI=1S/C23H30/c1-5-6-22-19-13-11-17-7-8-18(10-9-17)12-14-20(22)16-21(15-19)23(2,3)4/h7-10,15-16H,5-6,11-14H2,1-4H3. The molecule has 0 unspecified atom stereocenters. The van der Waals surface area contributed by atoms with Crippen molar-refractivity contribution in [1.29, 1.82) is 0 Å². The van der Waals surface area contributed by atoms with Gasteiger partial charge in [0.05, 0.1) is 0 Å². The van der Waals surface area contributed by atoms with Crippen LogP contribution in [0.1, 0.15) is 67.5 Å². The van der Waals surface area contributed by atoms with E-state index in [4.69, 9.17) is 0 Å². The zero-order valence-corrected chi connectivity index (χ0v) is 15.2. The molecule has 23 heavy (non-hydrogen) atoms. The van der Waals surface area contributed by atoms with E-state index in [1.54, 1.807) is 16.7 Å². The highest BCUT2D eigenvalue weighted by molar-refractivity contribution is 5.43. The molecule has 122 valence electrons. The minimum absolute atomic E-state index is 0.226. The molecule has 0 N–H and O–H groups in total. The van der Waals surface area contributed by atoms with E-state index in [0.29, 0.717) is 0 Å². The molecule has 2 aliphatic carbocycles. The molecule has 2 aromatic carbocycles. The minimum atomic E-state index is 0.226. The summed E-state index contributed by atoms with van der Waals surface area (Å²) in [7, 11) is 0. The van der Waals surface area contributed by atoms with Crippen molar-refractivity contribution in [3.8, 4) is 0 Å². The largest absolute Gasteiger partial charge is 0.0651 e. The van der Waals surface area contributed by atoms with Crippen molar-refractivity contribution < 1.29 is 0 Å². The van der Waals surface area contributed by atoms with Crippen molar-refractivity contribution in [2.45, 2.75) is 71.6 Å². The predicted molar refractivity (Wildman–Crippen MR) is 100 cm³/mol. The summed E-state index contributed by atoms with van der Waals surface area (Å²) in [6, 6.07) is 14.3. The minimum Gasteiger partial charge on any atom is -0.0651 e. The summed E-state index contributed by atoms with van der Waals surface area (Å²) in [6.45, 7) is 9.32. The van der Waals surface area contributed by atoms with Crippen molar-refractivity contribution in [2.24, 2.45) is 0 Å². The van der Waals surface area contributed by atoms with Crippen LogP contribution in [0.15, 0.2) is 36.4 Å². The fraction of sp³-hybridized carbons (Fsp3) is 0.478. The van der Waals surface area contributed by atoms with Gasteiger partial charge in [0.25, 0.3) is 0 Å². The Kier molecular flexibility index (Phi) is 4.62. The summed E-state index contributed by atoms with van der Waals surface area (Å²) in [4.78, 5) is 0. The van der Waals surface area contributed by atoms with E-state index < -0.39 is 0 Å². The number of hydrogen-bond donors (Lipinski definition) is 0. The molecule has 0 aliphatic heterocycles. The lowest BCUT2D eigenvalue weighted by atomic mass is 9.81. The molecule has 0 spiro atoms. The fourth-order valence-corrected chi connectivity index (χ4v) is 3.68. The fourth-order valence-electron chi connectivity index (χ4n) is 3.68. The number of hydrogen-bond acceptors (Lipinski definition) is 0. The van der Waals surface area contributed by atoms with Crippen LogP contribution in [0.3, 0.4) is 0 Å². The zero-order valence-electron chi connectivity index (χ0n) is 15.2. The van der Waals surface area contributed by atoms with E-state index in [1.165, 1.54) is 42.4 Å². The van der Waals surface area contributed by atoms with Crippen LogP contribution in [0.5, 0.6) is 0 Å². The normalized spacial score (nSPS) is 14.6. The summed E-state index contributed by atoms with van der Waals surface area (Å²) in [6.07, 6.45) is 7.12. The smallest absolute Gasteiger partial charge is 0.0132 e. The van der Waals surface area contributed by atoms with Crippen LogP contribution in [-0.4, -0.2) is 0 Å². The Bertz CT molecular complexity index is 620. The Morgan fingerprint density at radius 1 is 0.783 bits per heavy atom. The molecule has 0 radical (unpaired) electrons. The first-order valence-electron chi connectivity index (χ1n) is 9.20. The van der Waals surface area contributed by atoms with Crippen molar-refractivity contribution >= 4 is 0 Å². The molecule has 4 rings (SSSR count). The summed E-state index contributed by atoms with van der Waals surface area (Å²) in [5.74, 6) is 0. The van der Waals surface area contributed by atoms with Gasteiger partial charge in [-0.25, -0.2) is 0 Å². The maximum Gasteiger partial charge on any atom is -0.0132 e. The van der Waals surface area contributed by atoms with Crippen LogP contribution in [0, 0.1) is 0 Å². The molecular formula is C23H30. The lowest BCUT2D eigenvalue weighted by Crippen LogP contribution is -2.14. The van der Waals surface area contributed by atoms with Crippen LogP contribution in [0.2, 0.25) is 0 Å². The second-order valence-corrected chi connectivity index (χ2v) is 8.09. The van der Waals surface area contributed by atoms with Gasteiger partial charge in [0.1, 0.15) is 0 Å². The quantitative estimate of drug-likeness (QED) is 0.655. The summed E-state index contributed by atoms with van der Waals surface area (Å²) >= 11 is 0. The lowest BCUT2D eigenvalue weighted by molar-refractivity contribution is 0.587. The summed E-state index contributed by atoms with van der Waals surface area (Å²) in [5, 5.41) is 0. The molecular weight excluding hydrogens is 276 g/mol. The van der Waals surface area contributed by atoms with Crippen LogP contribution < -0.4 is 0 Å². The predicted octanol–water partition coefficient (Wildman–Crippen LogP) is 5.82. The number of aryl methyl sites for hydroxylation is 4. The Morgan fingerprint density at radius 3 is 1.65 bits per heavy atom. The van der Waals surface area contributed by atoms with Gasteiger partial charge in [0, 0.05) is 0 Å². The third-order valence-corrected chi connectivity index (χ3v) is 5.19. The first-order chi connectivity index (χ1) is 11.0. The van der Waals surface area contributed by atoms with E-state index in [1.807, 2.05) is 0 Å². The first kappa shape index (κ1) is 16.3. The maximum absolute atomic E-state index is 2.50. The second-order valence-electron chi connectivity index (χ2n) is 8.09. The van der Waals surface area contributed by atoms with Gasteiger partial charge < -0.3 is 0 Å². The van der Waals surface area contributed by atoms with E-state index in [9.17, 15) is 0 Å². The van der Waals surface area contributed by atoms with Crippen molar-refractivity contribution in [3.63, 3.8) is 0 Å². The Hall–Kier alpha value is -1.56. The van der Waals surface area contributed by atoms with Gasteiger partial charge in [-0.15, -0.1) is 0 Å². The van der Waals surface area contributed by atoms with Crippen molar-refractivity contribution in [2.75, 3.05) is 0 Å². The SMILES string of the molecule is CCCc1c2cc(C(C)(C)C)cc1CCc1ccc(cc1)CC2. The monoisotopic (exact) mass is 306 g/mol. The van der Waals surface area contributed by atoms with Gasteiger partial charge in [-0.3, -0.25) is 0 Å². The Morgan fingerprint density at radius 2 is 1.26 bits per heavy atom. The molecule has 2 aromatic rings. The van der Waals surface area contributed by atoms with Crippen LogP contribution in [0.25, 0.3) is 0 Å². The molecule has 0 heteroatoms. The van der Waals surface area contributed by atoms with E-state index in [0.717, 1.165) is 12.8 Å². The molecule has 0 fully saturated rings. The van der Waals surface area contributed by atoms with Crippen molar-refractivity contribution in [3.05, 3.63) is 69.8 Å². The molecule has 2 aliphatic rings. The Balaban J connectivity index is 2.10. The van der Waals surface area contributed by atoms with Gasteiger partial charge in [-0.2, -0.15) is 0 Å². The van der Waals surface area contributed by atoms with E-state index >= 15 is 0 Å².